The van der Waals surface area contributed by atoms with E-state index in [1.807, 2.05) is 6.92 Å². The Bertz CT molecular complexity index is 698. The molecule has 0 spiro atoms. The first-order valence-corrected chi connectivity index (χ1v) is 9.24. The summed E-state index contributed by atoms with van der Waals surface area (Å²) in [5.41, 5.74) is 2.13. The molecule has 3 rings (SSSR count). The number of carbonyl (C=O) groups excluding carboxylic acids is 3. The largest absolute Gasteiger partial charge is 0.353 e. The van der Waals surface area contributed by atoms with Gasteiger partial charge in [0.05, 0.1) is 13.0 Å². The highest BCUT2D eigenvalue weighted by Gasteiger charge is 2.20. The third kappa shape index (κ3) is 4.82. The van der Waals surface area contributed by atoms with E-state index >= 15 is 0 Å². The molecule has 0 bridgehead atoms. The van der Waals surface area contributed by atoms with Gasteiger partial charge in [0.25, 0.3) is 5.91 Å². The van der Waals surface area contributed by atoms with Crippen LogP contribution in [0.15, 0.2) is 18.2 Å². The van der Waals surface area contributed by atoms with Gasteiger partial charge < -0.3 is 16.0 Å². The molecule has 2 aliphatic heterocycles. The molecule has 0 saturated carbocycles. The van der Waals surface area contributed by atoms with E-state index in [-0.39, 0.29) is 23.8 Å². The first-order valence-electron chi connectivity index (χ1n) is 9.24. The van der Waals surface area contributed by atoms with Gasteiger partial charge in [-0.05, 0) is 56.6 Å². The van der Waals surface area contributed by atoms with Gasteiger partial charge in [0.15, 0.2) is 0 Å². The molecule has 3 N–H and O–H groups in total. The molecule has 140 valence electrons. The Balaban J connectivity index is 1.43. The van der Waals surface area contributed by atoms with Crippen molar-refractivity contribution < 1.29 is 14.4 Å². The van der Waals surface area contributed by atoms with Gasteiger partial charge in [0, 0.05) is 23.8 Å². The number of nitrogens with zero attached hydrogens (tertiary/aromatic N) is 1. The van der Waals surface area contributed by atoms with Crippen LogP contribution in [-0.4, -0.2) is 54.8 Å². The van der Waals surface area contributed by atoms with Crippen LogP contribution in [0.2, 0.25) is 0 Å². The van der Waals surface area contributed by atoms with Crippen LogP contribution in [0.4, 0.5) is 5.69 Å². The molecule has 1 aromatic carbocycles. The number of hydrogen-bond acceptors (Lipinski definition) is 4. The molecule has 2 aliphatic rings. The van der Waals surface area contributed by atoms with Gasteiger partial charge in [-0.1, -0.05) is 6.42 Å². The highest BCUT2D eigenvalue weighted by Crippen LogP contribution is 2.23. The van der Waals surface area contributed by atoms with E-state index in [2.05, 4.69) is 20.9 Å². The summed E-state index contributed by atoms with van der Waals surface area (Å²) in [6.07, 6.45) is 3.86. The standard InChI is InChI=1S/C19H26N4O3/c1-13(11-20-18(25)12-23-7-3-2-4-8-23)21-19(26)14-5-6-16-15(9-14)10-17(24)22-16/h5-6,9,13H,2-4,7-8,10-12H2,1H3,(H,20,25)(H,21,26)(H,22,24)/t13-/m0/s1. The second-order valence-corrected chi connectivity index (χ2v) is 7.11. The topological polar surface area (TPSA) is 90.5 Å². The number of anilines is 1. The van der Waals surface area contributed by atoms with Crippen molar-refractivity contribution >= 4 is 23.4 Å². The maximum absolute atomic E-state index is 12.4. The van der Waals surface area contributed by atoms with Gasteiger partial charge in [-0.25, -0.2) is 0 Å². The van der Waals surface area contributed by atoms with Crippen LogP contribution < -0.4 is 16.0 Å². The Labute approximate surface area is 153 Å². The maximum Gasteiger partial charge on any atom is 0.251 e. The molecule has 1 aromatic rings. The predicted octanol–water partition coefficient (Wildman–Crippen LogP) is 0.902. The molecular weight excluding hydrogens is 332 g/mol. The normalized spacial score (nSPS) is 18.0. The lowest BCUT2D eigenvalue weighted by Gasteiger charge is -2.26. The molecule has 0 aliphatic carbocycles. The third-order valence-electron chi connectivity index (χ3n) is 4.79. The van der Waals surface area contributed by atoms with Crippen molar-refractivity contribution in [2.75, 3.05) is 31.5 Å². The summed E-state index contributed by atoms with van der Waals surface area (Å²) >= 11 is 0. The number of rotatable bonds is 6. The number of fused-ring (bicyclic) bond motifs is 1. The van der Waals surface area contributed by atoms with Crippen LogP contribution in [0, 0.1) is 0 Å². The summed E-state index contributed by atoms with van der Waals surface area (Å²) in [4.78, 5) is 38.0. The minimum absolute atomic E-state index is 0.00452. The van der Waals surface area contributed by atoms with Crippen LogP contribution in [0.1, 0.15) is 42.1 Å². The monoisotopic (exact) mass is 358 g/mol. The van der Waals surface area contributed by atoms with Crippen LogP contribution in [0.5, 0.6) is 0 Å². The third-order valence-corrected chi connectivity index (χ3v) is 4.79. The zero-order valence-electron chi connectivity index (χ0n) is 15.1. The zero-order chi connectivity index (χ0) is 18.5. The van der Waals surface area contributed by atoms with Gasteiger partial charge in [0.2, 0.25) is 11.8 Å². The average molecular weight is 358 g/mol. The second kappa shape index (κ2) is 8.31. The fraction of sp³-hybridized carbons (Fsp3) is 0.526. The van der Waals surface area contributed by atoms with Crippen molar-refractivity contribution in [1.82, 2.24) is 15.5 Å². The molecule has 1 fully saturated rings. The summed E-state index contributed by atoms with van der Waals surface area (Å²) in [7, 11) is 0. The summed E-state index contributed by atoms with van der Waals surface area (Å²) in [5.74, 6) is -0.262. The van der Waals surface area contributed by atoms with Crippen molar-refractivity contribution in [3.05, 3.63) is 29.3 Å². The fourth-order valence-corrected chi connectivity index (χ4v) is 3.37. The van der Waals surface area contributed by atoms with Crippen molar-refractivity contribution in [2.45, 2.75) is 38.6 Å². The number of carbonyl (C=O) groups is 3. The molecule has 1 saturated heterocycles. The van der Waals surface area contributed by atoms with Crippen LogP contribution >= 0.6 is 0 Å². The van der Waals surface area contributed by atoms with E-state index in [9.17, 15) is 14.4 Å². The molecule has 0 radical (unpaired) electrons. The molecule has 0 unspecified atom stereocenters. The van der Waals surface area contributed by atoms with Gasteiger partial charge in [-0.15, -0.1) is 0 Å². The lowest BCUT2D eigenvalue weighted by molar-refractivity contribution is -0.122. The number of amides is 3. The van der Waals surface area contributed by atoms with Crippen LogP contribution in [0.3, 0.4) is 0 Å². The van der Waals surface area contributed by atoms with Crippen molar-refractivity contribution in [1.29, 1.82) is 0 Å². The fourth-order valence-electron chi connectivity index (χ4n) is 3.37. The molecule has 26 heavy (non-hydrogen) atoms. The minimum Gasteiger partial charge on any atom is -0.353 e. The van der Waals surface area contributed by atoms with Crippen molar-refractivity contribution in [2.24, 2.45) is 0 Å². The number of likely N-dealkylation sites (tertiary alicyclic amines) is 1. The highest BCUT2D eigenvalue weighted by molar-refractivity contribution is 6.01. The number of nitrogens with one attached hydrogen (secondary N) is 3. The van der Waals surface area contributed by atoms with E-state index < -0.39 is 0 Å². The number of benzene rings is 1. The van der Waals surface area contributed by atoms with E-state index in [0.717, 1.165) is 37.2 Å². The predicted molar refractivity (Wildman–Crippen MR) is 99.0 cm³/mol. The smallest absolute Gasteiger partial charge is 0.251 e. The summed E-state index contributed by atoms with van der Waals surface area (Å²) in [5, 5.41) is 8.52. The van der Waals surface area contributed by atoms with Gasteiger partial charge in [0.1, 0.15) is 0 Å². The Morgan fingerprint density at radius 3 is 2.77 bits per heavy atom. The quantitative estimate of drug-likeness (QED) is 0.705. The van der Waals surface area contributed by atoms with E-state index in [0.29, 0.717) is 25.1 Å². The second-order valence-electron chi connectivity index (χ2n) is 7.11. The first-order chi connectivity index (χ1) is 12.5. The highest BCUT2D eigenvalue weighted by atomic mass is 16.2. The zero-order valence-corrected chi connectivity index (χ0v) is 15.1. The molecule has 2 heterocycles. The lowest BCUT2D eigenvalue weighted by atomic mass is 10.1. The van der Waals surface area contributed by atoms with Gasteiger partial charge in [-0.2, -0.15) is 0 Å². The molecule has 7 nitrogen and oxygen atoms in total. The van der Waals surface area contributed by atoms with Crippen molar-refractivity contribution in [3.63, 3.8) is 0 Å². The molecule has 1 atom stereocenters. The summed E-state index contributed by atoms with van der Waals surface area (Å²) < 4.78 is 0. The average Bonchev–Trinajstić information content (AvgIpc) is 3.00. The Morgan fingerprint density at radius 2 is 2.00 bits per heavy atom. The molecular formula is C19H26N4O3. The first kappa shape index (κ1) is 18.4. The van der Waals surface area contributed by atoms with Gasteiger partial charge in [-0.3, -0.25) is 19.3 Å². The van der Waals surface area contributed by atoms with E-state index in [4.69, 9.17) is 0 Å². The lowest BCUT2D eigenvalue weighted by Crippen LogP contribution is -2.45. The number of piperidine rings is 1. The van der Waals surface area contributed by atoms with Crippen LogP contribution in [-0.2, 0) is 16.0 Å². The Kier molecular flexibility index (Phi) is 5.88. The summed E-state index contributed by atoms with van der Waals surface area (Å²) in [6.45, 7) is 4.64. The molecule has 7 heteroatoms. The Hall–Kier alpha value is -2.41. The van der Waals surface area contributed by atoms with Crippen molar-refractivity contribution in [3.8, 4) is 0 Å². The summed E-state index contributed by atoms with van der Waals surface area (Å²) in [6, 6.07) is 5.01. The van der Waals surface area contributed by atoms with Gasteiger partial charge >= 0.3 is 0 Å². The van der Waals surface area contributed by atoms with E-state index in [1.165, 1.54) is 6.42 Å². The Morgan fingerprint density at radius 1 is 1.23 bits per heavy atom. The molecule has 3 amide bonds. The van der Waals surface area contributed by atoms with Crippen LogP contribution in [0.25, 0.3) is 0 Å². The SMILES string of the molecule is C[C@@H](CNC(=O)CN1CCCCC1)NC(=O)c1ccc2c(c1)CC(=O)N2. The maximum atomic E-state index is 12.4. The molecule has 0 aromatic heterocycles. The number of hydrogen-bond donors (Lipinski definition) is 3. The minimum atomic E-state index is -0.204. The van der Waals surface area contributed by atoms with E-state index in [1.54, 1.807) is 18.2 Å².